The Labute approximate surface area is 183 Å². The number of amides is 3. The quantitative estimate of drug-likeness (QED) is 0.583. The predicted octanol–water partition coefficient (Wildman–Crippen LogP) is 1.66. The Hall–Kier alpha value is -2.32. The maximum atomic E-state index is 14.9. The molecule has 8 heteroatoms. The molecule has 170 valence electrons. The minimum Gasteiger partial charge on any atom is -0.384 e. The van der Waals surface area contributed by atoms with Crippen LogP contribution in [0.15, 0.2) is 24.3 Å². The molecule has 0 aliphatic carbocycles. The number of benzene rings is 1. The van der Waals surface area contributed by atoms with Gasteiger partial charge in [-0.1, -0.05) is 18.2 Å². The summed E-state index contributed by atoms with van der Waals surface area (Å²) in [6, 6.07) is 5.98. The van der Waals surface area contributed by atoms with E-state index in [9.17, 15) is 18.8 Å². The number of rotatable bonds is 8. The number of likely N-dealkylation sites (N-methyl/N-ethyl adjacent to an activating group) is 1. The lowest BCUT2D eigenvalue weighted by atomic mass is 9.75. The molecule has 3 amide bonds. The maximum Gasteiger partial charge on any atom is 0.241 e. The lowest BCUT2D eigenvalue weighted by Crippen LogP contribution is -2.47. The molecule has 0 N–H and O–H groups in total. The first kappa shape index (κ1) is 23.3. The molecule has 2 fully saturated rings. The van der Waals surface area contributed by atoms with E-state index in [0.29, 0.717) is 26.2 Å². The number of imide groups is 1. The van der Waals surface area contributed by atoms with Crippen LogP contribution in [0.25, 0.3) is 0 Å². The lowest BCUT2D eigenvalue weighted by molar-refractivity contribution is -0.143. The molecule has 0 radical (unpaired) electrons. The number of nitrogens with zero attached hydrogens (tertiary/aromatic N) is 3. The Morgan fingerprint density at radius 3 is 2.71 bits per heavy atom. The van der Waals surface area contributed by atoms with Crippen molar-refractivity contribution in [3.8, 4) is 0 Å². The Bertz CT molecular complexity index is 829. The summed E-state index contributed by atoms with van der Waals surface area (Å²) < 4.78 is 20.1. The topological polar surface area (TPSA) is 70.2 Å². The number of methoxy groups -OCH3 is 1. The van der Waals surface area contributed by atoms with Crippen LogP contribution < -0.4 is 0 Å². The van der Waals surface area contributed by atoms with Crippen molar-refractivity contribution in [2.75, 3.05) is 54.0 Å². The van der Waals surface area contributed by atoms with Gasteiger partial charge in [0, 0.05) is 51.7 Å². The highest BCUT2D eigenvalue weighted by atomic mass is 19.1. The van der Waals surface area contributed by atoms with Crippen LogP contribution in [-0.4, -0.2) is 86.4 Å². The summed E-state index contributed by atoms with van der Waals surface area (Å²) in [6.07, 6.45) is 1.43. The highest BCUT2D eigenvalue weighted by molar-refractivity contribution is 6.10. The molecule has 2 aliphatic heterocycles. The predicted molar refractivity (Wildman–Crippen MR) is 114 cm³/mol. The van der Waals surface area contributed by atoms with E-state index < -0.39 is 17.1 Å². The summed E-state index contributed by atoms with van der Waals surface area (Å²) in [7, 11) is 5.34. The summed E-state index contributed by atoms with van der Waals surface area (Å²) in [4.78, 5) is 44.4. The van der Waals surface area contributed by atoms with Crippen LogP contribution in [0.5, 0.6) is 0 Å². The van der Waals surface area contributed by atoms with E-state index in [1.165, 1.54) is 17.0 Å². The largest absolute Gasteiger partial charge is 0.384 e. The summed E-state index contributed by atoms with van der Waals surface area (Å²) in [5, 5.41) is 0. The zero-order valence-electron chi connectivity index (χ0n) is 18.6. The number of hydrogen-bond acceptors (Lipinski definition) is 5. The fourth-order valence-electron chi connectivity index (χ4n) is 4.65. The van der Waals surface area contributed by atoms with E-state index in [1.54, 1.807) is 24.1 Å². The molecule has 3 rings (SSSR count). The number of likely N-dealkylation sites (tertiary alicyclic amines) is 2. The molecule has 31 heavy (non-hydrogen) atoms. The van der Waals surface area contributed by atoms with Gasteiger partial charge in [-0.25, -0.2) is 4.39 Å². The van der Waals surface area contributed by atoms with Gasteiger partial charge in [0.05, 0.1) is 12.0 Å². The smallest absolute Gasteiger partial charge is 0.241 e. The molecule has 2 atom stereocenters. The van der Waals surface area contributed by atoms with Crippen LogP contribution in [0.3, 0.4) is 0 Å². The van der Waals surface area contributed by atoms with Crippen molar-refractivity contribution in [1.82, 2.24) is 14.7 Å². The zero-order chi connectivity index (χ0) is 22.6. The fourth-order valence-corrected chi connectivity index (χ4v) is 4.65. The average Bonchev–Trinajstić information content (AvgIpc) is 2.97. The molecule has 0 saturated carbocycles. The first-order valence-corrected chi connectivity index (χ1v) is 10.8. The standard InChI is InChI=1S/C23H32FN3O4/c1-25(2)11-12-27-21(29)14-23(22(27)30,18-8-4-5-9-19(18)24)13-20(28)26-10-6-7-17(15-26)16-31-3/h4-5,8-9,17H,6-7,10-16H2,1-3H3/t17-,23-/m1/s1. The van der Waals surface area contributed by atoms with Gasteiger partial charge in [0.2, 0.25) is 17.7 Å². The van der Waals surface area contributed by atoms with Crippen molar-refractivity contribution < 1.29 is 23.5 Å². The molecule has 0 aromatic heterocycles. The van der Waals surface area contributed by atoms with E-state index in [4.69, 9.17) is 4.74 Å². The van der Waals surface area contributed by atoms with E-state index in [2.05, 4.69) is 0 Å². The Kier molecular flexibility index (Phi) is 7.43. The van der Waals surface area contributed by atoms with E-state index in [-0.39, 0.29) is 42.7 Å². The summed E-state index contributed by atoms with van der Waals surface area (Å²) >= 11 is 0. The van der Waals surface area contributed by atoms with E-state index >= 15 is 0 Å². The van der Waals surface area contributed by atoms with Crippen molar-refractivity contribution in [3.05, 3.63) is 35.6 Å². The van der Waals surface area contributed by atoms with Gasteiger partial charge in [0.15, 0.2) is 0 Å². The number of piperidine rings is 1. The van der Waals surface area contributed by atoms with Crippen LogP contribution in [0.4, 0.5) is 4.39 Å². The molecule has 0 spiro atoms. The highest BCUT2D eigenvalue weighted by Crippen LogP contribution is 2.41. The second kappa shape index (κ2) is 9.87. The van der Waals surface area contributed by atoms with Crippen molar-refractivity contribution in [2.24, 2.45) is 5.92 Å². The van der Waals surface area contributed by atoms with Gasteiger partial charge in [-0.05, 0) is 38.9 Å². The summed E-state index contributed by atoms with van der Waals surface area (Å²) in [5.74, 6) is -1.40. The van der Waals surface area contributed by atoms with Crippen LogP contribution >= 0.6 is 0 Å². The maximum absolute atomic E-state index is 14.9. The molecule has 1 aromatic rings. The van der Waals surface area contributed by atoms with Gasteiger partial charge in [-0.3, -0.25) is 19.3 Å². The SMILES string of the molecule is COC[C@@H]1CCCN(C(=O)C[C@]2(c3ccccc3F)CC(=O)N(CCN(C)C)C2=O)C1. The average molecular weight is 434 g/mol. The normalized spacial score (nSPS) is 24.4. The number of carbonyl (C=O) groups is 3. The van der Waals surface area contributed by atoms with Gasteiger partial charge in [0.1, 0.15) is 5.82 Å². The molecule has 7 nitrogen and oxygen atoms in total. The Morgan fingerprint density at radius 1 is 1.29 bits per heavy atom. The minimum absolute atomic E-state index is 0.125. The van der Waals surface area contributed by atoms with Gasteiger partial charge in [-0.2, -0.15) is 0 Å². The van der Waals surface area contributed by atoms with E-state index in [0.717, 1.165) is 12.8 Å². The van der Waals surface area contributed by atoms with Gasteiger partial charge < -0.3 is 14.5 Å². The third kappa shape index (κ3) is 4.96. The Balaban J connectivity index is 1.89. The third-order valence-electron chi connectivity index (χ3n) is 6.30. The molecule has 0 bridgehead atoms. The third-order valence-corrected chi connectivity index (χ3v) is 6.30. The molecule has 2 aliphatic rings. The van der Waals surface area contributed by atoms with E-state index in [1.807, 2.05) is 19.0 Å². The van der Waals surface area contributed by atoms with Gasteiger partial charge in [0.25, 0.3) is 0 Å². The van der Waals surface area contributed by atoms with Crippen LogP contribution in [0.1, 0.15) is 31.2 Å². The molecule has 0 unspecified atom stereocenters. The summed E-state index contributed by atoms with van der Waals surface area (Å²) in [6.45, 7) is 2.43. The second-order valence-corrected chi connectivity index (χ2v) is 8.87. The first-order valence-electron chi connectivity index (χ1n) is 10.8. The van der Waals surface area contributed by atoms with Crippen molar-refractivity contribution in [1.29, 1.82) is 0 Å². The molecule has 1 aromatic carbocycles. The van der Waals surface area contributed by atoms with Crippen LogP contribution in [0, 0.1) is 11.7 Å². The minimum atomic E-state index is -1.50. The number of hydrogen-bond donors (Lipinski definition) is 0. The van der Waals surface area contributed by atoms with Gasteiger partial charge in [-0.15, -0.1) is 0 Å². The van der Waals surface area contributed by atoms with Crippen LogP contribution in [0.2, 0.25) is 0 Å². The number of halogens is 1. The molecule has 2 saturated heterocycles. The van der Waals surface area contributed by atoms with Crippen LogP contribution in [-0.2, 0) is 24.5 Å². The summed E-state index contributed by atoms with van der Waals surface area (Å²) in [5.41, 5.74) is -1.38. The fraction of sp³-hybridized carbons (Fsp3) is 0.609. The molecular formula is C23H32FN3O4. The molecular weight excluding hydrogens is 401 g/mol. The molecule has 2 heterocycles. The Morgan fingerprint density at radius 2 is 2.03 bits per heavy atom. The van der Waals surface area contributed by atoms with Crippen molar-refractivity contribution in [3.63, 3.8) is 0 Å². The van der Waals surface area contributed by atoms with Crippen molar-refractivity contribution in [2.45, 2.75) is 31.1 Å². The number of ether oxygens (including phenoxy) is 1. The van der Waals surface area contributed by atoms with Gasteiger partial charge >= 0.3 is 0 Å². The number of carbonyl (C=O) groups excluding carboxylic acids is 3. The first-order chi connectivity index (χ1) is 14.8. The van der Waals surface area contributed by atoms with Crippen molar-refractivity contribution >= 4 is 17.7 Å². The highest BCUT2D eigenvalue weighted by Gasteiger charge is 2.55. The second-order valence-electron chi connectivity index (χ2n) is 8.87. The monoisotopic (exact) mass is 433 g/mol. The lowest BCUT2D eigenvalue weighted by Gasteiger charge is -2.35. The zero-order valence-corrected chi connectivity index (χ0v) is 18.6.